The highest BCUT2D eigenvalue weighted by atomic mass is 16.5. The highest BCUT2D eigenvalue weighted by Gasteiger charge is 2.15. The highest BCUT2D eigenvalue weighted by molar-refractivity contribution is 5.97. The Bertz CT molecular complexity index is 1050. The summed E-state index contributed by atoms with van der Waals surface area (Å²) in [6, 6.07) is 12.2. The van der Waals surface area contributed by atoms with E-state index < -0.39 is 0 Å². The molecule has 1 aliphatic heterocycles. The summed E-state index contributed by atoms with van der Waals surface area (Å²) in [6.07, 6.45) is 1.56. The standard InChI is InChI=1S/C21H18O5/c1-2-13-10-21(23)26-20-11-16(4-5-17(13)20)25-12-18(22)14-3-6-19-15(9-14)7-8-24-19/h3-6,9-11H,2,7-8,12H2,1H3. The summed E-state index contributed by atoms with van der Waals surface area (Å²) in [7, 11) is 0. The van der Waals surface area contributed by atoms with E-state index in [1.807, 2.05) is 25.1 Å². The third-order valence-corrected chi connectivity index (χ3v) is 4.56. The van der Waals surface area contributed by atoms with E-state index in [2.05, 4.69) is 0 Å². The van der Waals surface area contributed by atoms with Crippen molar-refractivity contribution in [2.24, 2.45) is 0 Å². The summed E-state index contributed by atoms with van der Waals surface area (Å²) in [5.41, 5.74) is 2.67. The van der Waals surface area contributed by atoms with E-state index in [9.17, 15) is 9.59 Å². The number of hydrogen-bond donors (Lipinski definition) is 0. The van der Waals surface area contributed by atoms with E-state index in [0.717, 1.165) is 35.1 Å². The Balaban J connectivity index is 1.52. The smallest absolute Gasteiger partial charge is 0.336 e. The van der Waals surface area contributed by atoms with Gasteiger partial charge in [0.25, 0.3) is 0 Å². The Morgan fingerprint density at radius 3 is 2.88 bits per heavy atom. The van der Waals surface area contributed by atoms with Gasteiger partial charge in [-0.1, -0.05) is 6.92 Å². The molecule has 0 atom stereocenters. The molecule has 2 heterocycles. The quantitative estimate of drug-likeness (QED) is 0.520. The number of rotatable bonds is 5. The first-order chi connectivity index (χ1) is 12.6. The number of Topliss-reactive ketones (excluding diaryl/α,β-unsaturated/α-hetero) is 1. The van der Waals surface area contributed by atoms with E-state index in [1.54, 1.807) is 18.2 Å². The molecule has 0 unspecified atom stereocenters. The van der Waals surface area contributed by atoms with Crippen molar-refractivity contribution in [3.05, 3.63) is 69.6 Å². The van der Waals surface area contributed by atoms with Gasteiger partial charge in [0.15, 0.2) is 12.4 Å². The Morgan fingerprint density at radius 2 is 2.04 bits per heavy atom. The van der Waals surface area contributed by atoms with E-state index in [1.165, 1.54) is 6.07 Å². The number of carbonyl (C=O) groups is 1. The molecule has 0 saturated carbocycles. The van der Waals surface area contributed by atoms with Crippen molar-refractivity contribution in [3.8, 4) is 11.5 Å². The second-order valence-electron chi connectivity index (χ2n) is 6.24. The maximum Gasteiger partial charge on any atom is 0.336 e. The highest BCUT2D eigenvalue weighted by Crippen LogP contribution is 2.26. The monoisotopic (exact) mass is 350 g/mol. The minimum absolute atomic E-state index is 0.0805. The van der Waals surface area contributed by atoms with Crippen LogP contribution >= 0.6 is 0 Å². The van der Waals surface area contributed by atoms with Gasteiger partial charge in [0.05, 0.1) is 6.61 Å². The van der Waals surface area contributed by atoms with Crippen molar-refractivity contribution >= 4 is 16.8 Å². The first kappa shape index (κ1) is 16.4. The van der Waals surface area contributed by atoms with Gasteiger partial charge in [-0.25, -0.2) is 4.79 Å². The molecule has 0 N–H and O–H groups in total. The Hall–Kier alpha value is -3.08. The SMILES string of the molecule is CCc1cc(=O)oc2cc(OCC(=O)c3ccc4c(c3)CCO4)ccc12. The van der Waals surface area contributed by atoms with Crippen LogP contribution in [0.1, 0.15) is 28.4 Å². The van der Waals surface area contributed by atoms with Gasteiger partial charge in [0.1, 0.15) is 17.1 Å². The van der Waals surface area contributed by atoms with Crippen LogP contribution in [0.25, 0.3) is 11.0 Å². The van der Waals surface area contributed by atoms with Crippen LogP contribution in [0.2, 0.25) is 0 Å². The molecule has 26 heavy (non-hydrogen) atoms. The minimum atomic E-state index is -0.386. The molecule has 0 spiro atoms. The van der Waals surface area contributed by atoms with Crippen LogP contribution in [-0.2, 0) is 12.8 Å². The number of benzene rings is 2. The first-order valence-corrected chi connectivity index (χ1v) is 8.62. The number of carbonyl (C=O) groups excluding carboxylic acids is 1. The number of ether oxygens (including phenoxy) is 2. The fourth-order valence-corrected chi connectivity index (χ4v) is 3.18. The van der Waals surface area contributed by atoms with Crippen LogP contribution in [-0.4, -0.2) is 19.0 Å². The van der Waals surface area contributed by atoms with Gasteiger partial charge in [-0.05, 0) is 47.9 Å². The number of aryl methyl sites for hydroxylation is 1. The van der Waals surface area contributed by atoms with Crippen LogP contribution in [0, 0.1) is 0 Å². The lowest BCUT2D eigenvalue weighted by atomic mass is 10.1. The molecule has 0 amide bonds. The van der Waals surface area contributed by atoms with Gasteiger partial charge in [0, 0.05) is 29.5 Å². The van der Waals surface area contributed by atoms with Crippen molar-refractivity contribution in [1.82, 2.24) is 0 Å². The molecule has 132 valence electrons. The summed E-state index contributed by atoms with van der Waals surface area (Å²) in [6.45, 7) is 2.56. The molecule has 0 saturated heterocycles. The zero-order valence-electron chi connectivity index (χ0n) is 14.4. The average Bonchev–Trinajstić information content (AvgIpc) is 3.12. The van der Waals surface area contributed by atoms with Crippen molar-refractivity contribution in [1.29, 1.82) is 0 Å². The maximum absolute atomic E-state index is 12.4. The van der Waals surface area contributed by atoms with Crippen molar-refractivity contribution < 1.29 is 18.7 Å². The van der Waals surface area contributed by atoms with Crippen molar-refractivity contribution in [2.75, 3.05) is 13.2 Å². The molecule has 2 aromatic carbocycles. The summed E-state index contributed by atoms with van der Waals surface area (Å²) in [5, 5.41) is 0.879. The minimum Gasteiger partial charge on any atom is -0.493 e. The average molecular weight is 350 g/mol. The fraction of sp³-hybridized carbons (Fsp3) is 0.238. The second kappa shape index (κ2) is 6.67. The van der Waals surface area contributed by atoms with E-state index in [4.69, 9.17) is 13.9 Å². The summed E-state index contributed by atoms with van der Waals surface area (Å²) < 4.78 is 16.3. The molecular weight excluding hydrogens is 332 g/mol. The predicted molar refractivity (Wildman–Crippen MR) is 97.3 cm³/mol. The van der Waals surface area contributed by atoms with E-state index >= 15 is 0 Å². The number of hydrogen-bond acceptors (Lipinski definition) is 5. The molecule has 1 aromatic heterocycles. The Morgan fingerprint density at radius 1 is 1.15 bits per heavy atom. The lowest BCUT2D eigenvalue weighted by molar-refractivity contribution is 0.0921. The molecule has 5 heteroatoms. The van der Waals surface area contributed by atoms with Gasteiger partial charge < -0.3 is 13.9 Å². The van der Waals surface area contributed by atoms with Crippen LogP contribution in [0.15, 0.2) is 51.7 Å². The molecule has 1 aliphatic rings. The summed E-state index contributed by atoms with van der Waals surface area (Å²) in [5.74, 6) is 1.23. The summed E-state index contributed by atoms with van der Waals surface area (Å²) in [4.78, 5) is 24.0. The van der Waals surface area contributed by atoms with Crippen molar-refractivity contribution in [3.63, 3.8) is 0 Å². The lowest BCUT2D eigenvalue weighted by Crippen LogP contribution is -2.11. The van der Waals surface area contributed by atoms with Crippen LogP contribution < -0.4 is 15.1 Å². The predicted octanol–water partition coefficient (Wildman–Crippen LogP) is 3.55. The topological polar surface area (TPSA) is 65.7 Å². The first-order valence-electron chi connectivity index (χ1n) is 8.62. The van der Waals surface area contributed by atoms with Gasteiger partial charge in [0.2, 0.25) is 0 Å². The van der Waals surface area contributed by atoms with Crippen LogP contribution in [0.4, 0.5) is 0 Å². The zero-order valence-corrected chi connectivity index (χ0v) is 14.4. The third kappa shape index (κ3) is 3.08. The van der Waals surface area contributed by atoms with Gasteiger partial charge in [-0.3, -0.25) is 4.79 Å². The molecule has 0 radical (unpaired) electrons. The Labute approximate surface area is 150 Å². The molecule has 4 rings (SSSR count). The number of fused-ring (bicyclic) bond motifs is 2. The molecule has 0 aliphatic carbocycles. The van der Waals surface area contributed by atoms with Crippen molar-refractivity contribution in [2.45, 2.75) is 19.8 Å². The Kier molecular flexibility index (Phi) is 4.21. The second-order valence-corrected chi connectivity index (χ2v) is 6.24. The molecule has 5 nitrogen and oxygen atoms in total. The van der Waals surface area contributed by atoms with E-state index in [-0.39, 0.29) is 18.0 Å². The summed E-state index contributed by atoms with van der Waals surface area (Å²) >= 11 is 0. The molecule has 0 bridgehead atoms. The maximum atomic E-state index is 12.4. The van der Waals surface area contributed by atoms with Crippen LogP contribution in [0.3, 0.4) is 0 Å². The fourth-order valence-electron chi connectivity index (χ4n) is 3.18. The zero-order chi connectivity index (χ0) is 18.1. The van der Waals surface area contributed by atoms with Gasteiger partial charge in [-0.15, -0.1) is 0 Å². The molecular formula is C21H18O5. The number of ketones is 1. The van der Waals surface area contributed by atoms with Gasteiger partial charge >= 0.3 is 5.63 Å². The largest absolute Gasteiger partial charge is 0.493 e. The molecule has 0 fully saturated rings. The normalized spacial score (nSPS) is 12.7. The third-order valence-electron chi connectivity index (χ3n) is 4.56. The molecule has 3 aromatic rings. The van der Waals surface area contributed by atoms with Crippen LogP contribution in [0.5, 0.6) is 11.5 Å². The van der Waals surface area contributed by atoms with Gasteiger partial charge in [-0.2, -0.15) is 0 Å². The lowest BCUT2D eigenvalue weighted by Gasteiger charge is -2.08. The van der Waals surface area contributed by atoms with E-state index in [0.29, 0.717) is 23.5 Å².